The second kappa shape index (κ2) is 4.31. The number of hydrogen-bond acceptors (Lipinski definition) is 3. The molecule has 1 aliphatic heterocycles. The van der Waals surface area contributed by atoms with E-state index >= 15 is 0 Å². The average molecular weight is 318 g/mol. The molecule has 1 heterocycles. The quantitative estimate of drug-likeness (QED) is 0.426. The Balaban J connectivity index is 2.01. The van der Waals surface area contributed by atoms with Gasteiger partial charge >= 0.3 is 0 Å². The molecule has 0 aromatic heterocycles. The molecule has 96 valence electrons. The minimum Gasteiger partial charge on any atom is -0.508 e. The van der Waals surface area contributed by atoms with Crippen LogP contribution in [-0.4, -0.2) is 10.2 Å². The number of nitrogens with one attached hydrogen (secondary N) is 1. The molecule has 2 aromatic rings. The third kappa shape index (κ3) is 2.19. The lowest BCUT2D eigenvalue weighted by molar-refractivity contribution is 0.474. The Kier molecular flexibility index (Phi) is 2.75. The summed E-state index contributed by atoms with van der Waals surface area (Å²) in [6.07, 6.45) is 3.92. The predicted octanol–water partition coefficient (Wildman–Crippen LogP) is 3.78. The normalized spacial score (nSPS) is 20.7. The molecular formula is C15H12BrNO2. The Morgan fingerprint density at radius 1 is 0.947 bits per heavy atom. The van der Waals surface area contributed by atoms with Crippen LogP contribution in [-0.2, 0) is 4.45 Å². The number of aromatic hydroxyl groups is 2. The number of fused-ring (bicyclic) bond motifs is 1. The van der Waals surface area contributed by atoms with E-state index in [0.29, 0.717) is 0 Å². The maximum absolute atomic E-state index is 9.46. The summed E-state index contributed by atoms with van der Waals surface area (Å²) in [5.74, 6) is 0.488. The highest BCUT2D eigenvalue weighted by atomic mass is 79.9. The van der Waals surface area contributed by atoms with Gasteiger partial charge < -0.3 is 15.5 Å². The Labute approximate surface area is 119 Å². The van der Waals surface area contributed by atoms with Crippen LogP contribution in [0.15, 0.2) is 48.5 Å². The maximum Gasteiger partial charge on any atom is 0.138 e. The van der Waals surface area contributed by atoms with Gasteiger partial charge in [-0.25, -0.2) is 0 Å². The number of rotatable bonds is 1. The molecule has 3 N–H and O–H groups in total. The molecule has 4 heteroatoms. The van der Waals surface area contributed by atoms with Crippen molar-refractivity contribution < 1.29 is 10.2 Å². The van der Waals surface area contributed by atoms with Crippen LogP contribution in [0.2, 0.25) is 0 Å². The minimum absolute atomic E-state index is 0.241. The Hall–Kier alpha value is -1.94. The number of phenolic OH excluding ortho intramolecular Hbond substituents is 2. The molecule has 1 aliphatic rings. The molecule has 0 aliphatic carbocycles. The number of hydrogen-bond donors (Lipinski definition) is 3. The van der Waals surface area contributed by atoms with Crippen molar-refractivity contribution in [2.24, 2.45) is 0 Å². The topological polar surface area (TPSA) is 52.5 Å². The highest BCUT2D eigenvalue weighted by molar-refractivity contribution is 9.09. The highest BCUT2D eigenvalue weighted by Crippen LogP contribution is 2.40. The lowest BCUT2D eigenvalue weighted by Gasteiger charge is -2.31. The summed E-state index contributed by atoms with van der Waals surface area (Å²) in [6.45, 7) is 0. The fourth-order valence-electron chi connectivity index (χ4n) is 2.12. The third-order valence-electron chi connectivity index (χ3n) is 3.13. The predicted molar refractivity (Wildman–Crippen MR) is 79.5 cm³/mol. The average Bonchev–Trinajstić information content (AvgIpc) is 2.40. The zero-order chi connectivity index (χ0) is 13.5. The van der Waals surface area contributed by atoms with Crippen LogP contribution < -0.4 is 5.32 Å². The van der Waals surface area contributed by atoms with Crippen LogP contribution in [0, 0.1) is 0 Å². The molecule has 19 heavy (non-hydrogen) atoms. The van der Waals surface area contributed by atoms with Gasteiger partial charge in [0, 0.05) is 11.3 Å². The van der Waals surface area contributed by atoms with Gasteiger partial charge in [0.1, 0.15) is 15.9 Å². The van der Waals surface area contributed by atoms with E-state index in [1.165, 1.54) is 0 Å². The first kappa shape index (κ1) is 12.1. The monoisotopic (exact) mass is 317 g/mol. The van der Waals surface area contributed by atoms with E-state index in [2.05, 4.69) is 21.2 Å². The van der Waals surface area contributed by atoms with Gasteiger partial charge in [-0.05, 0) is 42.0 Å². The standard InChI is InChI=1S/C15H12BrNO2/c16-15(11-1-3-12(18)4-2-11)8-7-10-9-13(19)5-6-14(10)17-15/h1-9,17-19H. The largest absolute Gasteiger partial charge is 0.508 e. The van der Waals surface area contributed by atoms with Crippen molar-refractivity contribution in [2.45, 2.75) is 4.45 Å². The minimum atomic E-state index is -0.509. The van der Waals surface area contributed by atoms with E-state index in [-0.39, 0.29) is 11.5 Å². The molecule has 3 nitrogen and oxygen atoms in total. The van der Waals surface area contributed by atoms with Gasteiger partial charge in [-0.15, -0.1) is 0 Å². The van der Waals surface area contributed by atoms with Crippen molar-refractivity contribution >= 4 is 27.7 Å². The Bertz CT molecular complexity index is 652. The van der Waals surface area contributed by atoms with Crippen LogP contribution >= 0.6 is 15.9 Å². The van der Waals surface area contributed by atoms with Gasteiger partial charge in [-0.2, -0.15) is 0 Å². The molecule has 0 saturated heterocycles. The van der Waals surface area contributed by atoms with E-state index in [1.54, 1.807) is 24.3 Å². The molecule has 0 bridgehead atoms. The molecule has 0 radical (unpaired) electrons. The van der Waals surface area contributed by atoms with Crippen LogP contribution in [0.3, 0.4) is 0 Å². The van der Waals surface area contributed by atoms with Crippen molar-refractivity contribution in [1.82, 2.24) is 0 Å². The molecule has 0 spiro atoms. The van der Waals surface area contributed by atoms with Crippen molar-refractivity contribution in [3.05, 3.63) is 59.7 Å². The molecular weight excluding hydrogens is 306 g/mol. The summed E-state index contributed by atoms with van der Waals surface area (Å²) in [5, 5.41) is 22.2. The second-order valence-electron chi connectivity index (χ2n) is 4.49. The number of phenols is 2. The summed E-state index contributed by atoms with van der Waals surface area (Å²) in [5.41, 5.74) is 2.86. The van der Waals surface area contributed by atoms with Gasteiger partial charge in [-0.3, -0.25) is 0 Å². The number of benzene rings is 2. The third-order valence-corrected chi connectivity index (χ3v) is 4.05. The first-order valence-corrected chi connectivity index (χ1v) is 6.65. The molecule has 0 fully saturated rings. The van der Waals surface area contributed by atoms with Crippen LogP contribution in [0.25, 0.3) is 6.08 Å². The fourth-order valence-corrected chi connectivity index (χ4v) is 2.73. The number of halogens is 1. The van der Waals surface area contributed by atoms with Gasteiger partial charge in [0.05, 0.1) is 0 Å². The summed E-state index contributed by atoms with van der Waals surface area (Å²) < 4.78 is -0.509. The highest BCUT2D eigenvalue weighted by Gasteiger charge is 2.29. The summed E-state index contributed by atoms with van der Waals surface area (Å²) >= 11 is 3.67. The van der Waals surface area contributed by atoms with E-state index in [1.807, 2.05) is 30.4 Å². The zero-order valence-electron chi connectivity index (χ0n) is 9.97. The summed E-state index contributed by atoms with van der Waals surface area (Å²) in [6, 6.07) is 12.2. The molecule has 1 atom stereocenters. The summed E-state index contributed by atoms with van der Waals surface area (Å²) in [7, 11) is 0. The lowest BCUT2D eigenvalue weighted by Crippen LogP contribution is -2.28. The smallest absolute Gasteiger partial charge is 0.138 e. The first-order chi connectivity index (χ1) is 9.07. The van der Waals surface area contributed by atoms with Gasteiger partial charge in [-0.1, -0.05) is 34.1 Å². The van der Waals surface area contributed by atoms with Gasteiger partial charge in [0.15, 0.2) is 0 Å². The van der Waals surface area contributed by atoms with E-state index in [0.717, 1.165) is 16.8 Å². The summed E-state index contributed by atoms with van der Waals surface area (Å²) in [4.78, 5) is 0. The van der Waals surface area contributed by atoms with Crippen molar-refractivity contribution in [3.63, 3.8) is 0 Å². The molecule has 0 amide bonds. The molecule has 1 unspecified atom stereocenters. The number of alkyl halides is 1. The molecule has 2 aromatic carbocycles. The SMILES string of the molecule is Oc1ccc(C2(Br)C=Cc3cc(O)ccc3N2)cc1. The van der Waals surface area contributed by atoms with E-state index < -0.39 is 4.45 Å². The van der Waals surface area contributed by atoms with Crippen molar-refractivity contribution in [2.75, 3.05) is 5.32 Å². The van der Waals surface area contributed by atoms with Crippen LogP contribution in [0.5, 0.6) is 11.5 Å². The first-order valence-electron chi connectivity index (χ1n) is 5.86. The fraction of sp³-hybridized carbons (Fsp3) is 0.0667. The van der Waals surface area contributed by atoms with Crippen LogP contribution in [0.4, 0.5) is 5.69 Å². The zero-order valence-corrected chi connectivity index (χ0v) is 11.6. The maximum atomic E-state index is 9.46. The van der Waals surface area contributed by atoms with Crippen molar-refractivity contribution in [3.8, 4) is 11.5 Å². The van der Waals surface area contributed by atoms with Crippen LogP contribution in [0.1, 0.15) is 11.1 Å². The molecule has 3 rings (SSSR count). The molecule has 0 saturated carbocycles. The van der Waals surface area contributed by atoms with Crippen molar-refractivity contribution in [1.29, 1.82) is 0 Å². The van der Waals surface area contributed by atoms with E-state index in [4.69, 9.17) is 0 Å². The van der Waals surface area contributed by atoms with Gasteiger partial charge in [0.2, 0.25) is 0 Å². The Morgan fingerprint density at radius 2 is 1.63 bits per heavy atom. The lowest BCUT2D eigenvalue weighted by atomic mass is 9.99. The van der Waals surface area contributed by atoms with E-state index in [9.17, 15) is 10.2 Å². The Morgan fingerprint density at radius 3 is 2.37 bits per heavy atom. The number of anilines is 1. The second-order valence-corrected chi connectivity index (χ2v) is 5.74. The van der Waals surface area contributed by atoms with Gasteiger partial charge in [0.25, 0.3) is 0 Å².